The first kappa shape index (κ1) is 15.5. The van der Waals surface area contributed by atoms with Crippen LogP contribution in [0.25, 0.3) is 16.9 Å². The van der Waals surface area contributed by atoms with Crippen LogP contribution in [0, 0.1) is 11.8 Å². The first-order valence-electron chi connectivity index (χ1n) is 7.85. The summed E-state index contributed by atoms with van der Waals surface area (Å²) in [6.07, 6.45) is 7.71. The largest absolute Gasteiger partial charge is 0.384 e. The minimum absolute atomic E-state index is 0.431. The molecule has 0 amide bonds. The van der Waals surface area contributed by atoms with Crippen molar-refractivity contribution in [2.45, 2.75) is 0 Å². The molecular weight excluding hydrogens is 326 g/mol. The van der Waals surface area contributed by atoms with Gasteiger partial charge in [0.2, 0.25) is 0 Å². The number of imidazole rings is 1. The van der Waals surface area contributed by atoms with Gasteiger partial charge in [-0.25, -0.2) is 9.97 Å². The van der Waals surface area contributed by atoms with Crippen molar-refractivity contribution in [2.24, 2.45) is 0 Å². The lowest BCUT2D eigenvalue weighted by Gasteiger charge is -2.03. The number of nitrogens with two attached hydrogens (primary N) is 1. The molecule has 1 aromatic carbocycles. The van der Waals surface area contributed by atoms with E-state index in [-0.39, 0.29) is 0 Å². The van der Waals surface area contributed by atoms with Crippen LogP contribution in [0.3, 0.4) is 0 Å². The number of aldehydes is 1. The molecule has 6 heteroatoms. The number of carbonyl (C=O) groups is 1. The van der Waals surface area contributed by atoms with E-state index in [0.29, 0.717) is 17.0 Å². The number of hydrogen-bond donors (Lipinski definition) is 1. The van der Waals surface area contributed by atoms with Gasteiger partial charge in [-0.15, -0.1) is 0 Å². The maximum atomic E-state index is 10.8. The highest BCUT2D eigenvalue weighted by atomic mass is 16.1. The lowest BCUT2D eigenvalue weighted by Crippen LogP contribution is -1.93. The summed E-state index contributed by atoms with van der Waals surface area (Å²) in [5.41, 5.74) is 10.2. The van der Waals surface area contributed by atoms with Crippen LogP contribution in [0.5, 0.6) is 0 Å². The van der Waals surface area contributed by atoms with Crippen molar-refractivity contribution < 1.29 is 4.79 Å². The Morgan fingerprint density at radius 3 is 2.62 bits per heavy atom. The highest BCUT2D eigenvalue weighted by Crippen LogP contribution is 2.18. The third kappa shape index (κ3) is 3.01. The fourth-order valence-corrected chi connectivity index (χ4v) is 2.53. The zero-order chi connectivity index (χ0) is 17.9. The molecule has 0 aliphatic carbocycles. The van der Waals surface area contributed by atoms with E-state index in [0.717, 1.165) is 28.8 Å². The van der Waals surface area contributed by atoms with E-state index in [9.17, 15) is 4.79 Å². The molecule has 0 radical (unpaired) electrons. The number of pyridine rings is 1. The molecule has 0 aliphatic rings. The fourth-order valence-electron chi connectivity index (χ4n) is 2.53. The van der Waals surface area contributed by atoms with Crippen LogP contribution in [0.4, 0.5) is 5.82 Å². The summed E-state index contributed by atoms with van der Waals surface area (Å²) in [6.45, 7) is 0. The van der Waals surface area contributed by atoms with E-state index in [4.69, 9.17) is 5.73 Å². The smallest absolute Gasteiger partial charge is 0.156 e. The SMILES string of the molecule is Nc1cc(C#Cc2cnc3cnc(-c4ccc(C=O)cc4)cn23)ccn1. The van der Waals surface area contributed by atoms with Gasteiger partial charge < -0.3 is 5.73 Å². The molecule has 6 nitrogen and oxygen atoms in total. The lowest BCUT2D eigenvalue weighted by molar-refractivity contribution is 0.112. The summed E-state index contributed by atoms with van der Waals surface area (Å²) in [5.74, 6) is 6.60. The number of aromatic nitrogens is 4. The van der Waals surface area contributed by atoms with E-state index in [1.807, 2.05) is 22.7 Å². The number of nitrogens with zero attached hydrogens (tertiary/aromatic N) is 4. The van der Waals surface area contributed by atoms with Crippen molar-refractivity contribution in [3.8, 4) is 23.1 Å². The molecule has 2 N–H and O–H groups in total. The first-order valence-corrected chi connectivity index (χ1v) is 7.85. The number of fused-ring (bicyclic) bond motifs is 1. The van der Waals surface area contributed by atoms with Crippen LogP contribution in [0.15, 0.2) is 61.2 Å². The van der Waals surface area contributed by atoms with Crippen LogP contribution in [0.2, 0.25) is 0 Å². The summed E-state index contributed by atoms with van der Waals surface area (Å²) in [7, 11) is 0. The van der Waals surface area contributed by atoms with Gasteiger partial charge in [0.05, 0.1) is 18.1 Å². The second-order valence-corrected chi connectivity index (χ2v) is 5.60. The summed E-state index contributed by atoms with van der Waals surface area (Å²) in [5, 5.41) is 0. The van der Waals surface area contributed by atoms with Crippen LogP contribution < -0.4 is 5.73 Å². The van der Waals surface area contributed by atoms with Crippen molar-refractivity contribution in [1.29, 1.82) is 0 Å². The predicted molar refractivity (Wildman–Crippen MR) is 98.4 cm³/mol. The summed E-state index contributed by atoms with van der Waals surface area (Å²) >= 11 is 0. The Balaban J connectivity index is 1.74. The molecule has 3 aromatic heterocycles. The molecule has 0 spiro atoms. The molecule has 26 heavy (non-hydrogen) atoms. The molecule has 0 bridgehead atoms. The molecule has 4 aromatic rings. The standard InChI is InChI=1S/C20H13N5O/c21-19-9-14(7-8-22-19)3-6-17-10-24-20-11-23-18(12-25(17)20)16-4-1-15(13-26)2-5-16/h1-2,4-5,7-13H,(H2,21,22). The minimum Gasteiger partial charge on any atom is -0.384 e. The zero-order valence-corrected chi connectivity index (χ0v) is 13.6. The molecule has 0 atom stereocenters. The Hall–Kier alpha value is -3.98. The number of anilines is 1. The van der Waals surface area contributed by atoms with E-state index in [1.165, 1.54) is 0 Å². The van der Waals surface area contributed by atoms with Gasteiger partial charge in [0.25, 0.3) is 0 Å². The van der Waals surface area contributed by atoms with Gasteiger partial charge in [0, 0.05) is 29.1 Å². The number of nitrogen functional groups attached to an aromatic ring is 1. The van der Waals surface area contributed by atoms with E-state index in [1.54, 1.807) is 42.9 Å². The van der Waals surface area contributed by atoms with Crippen molar-refractivity contribution in [1.82, 2.24) is 19.4 Å². The quantitative estimate of drug-likeness (QED) is 0.448. The molecule has 0 saturated carbocycles. The number of rotatable bonds is 2. The molecule has 4 rings (SSSR count). The fraction of sp³-hybridized carbons (Fsp3) is 0. The molecular formula is C20H13N5O. The summed E-state index contributed by atoms with van der Waals surface area (Å²) < 4.78 is 1.88. The van der Waals surface area contributed by atoms with Crippen molar-refractivity contribution >= 4 is 17.8 Å². The minimum atomic E-state index is 0.431. The van der Waals surface area contributed by atoms with Crippen molar-refractivity contribution in [2.75, 3.05) is 5.73 Å². The average molecular weight is 339 g/mol. The molecule has 0 aliphatic heterocycles. The lowest BCUT2D eigenvalue weighted by atomic mass is 10.1. The van der Waals surface area contributed by atoms with Gasteiger partial charge in [0.1, 0.15) is 17.8 Å². The highest BCUT2D eigenvalue weighted by molar-refractivity contribution is 5.76. The monoisotopic (exact) mass is 339 g/mol. The van der Waals surface area contributed by atoms with Crippen molar-refractivity contribution in [3.05, 3.63) is 78.0 Å². The Kier molecular flexibility index (Phi) is 3.88. The Morgan fingerprint density at radius 2 is 1.85 bits per heavy atom. The maximum absolute atomic E-state index is 10.8. The van der Waals surface area contributed by atoms with E-state index in [2.05, 4.69) is 26.8 Å². The summed E-state index contributed by atoms with van der Waals surface area (Å²) in [4.78, 5) is 23.5. The van der Waals surface area contributed by atoms with Crippen molar-refractivity contribution in [3.63, 3.8) is 0 Å². The van der Waals surface area contributed by atoms with Crippen LogP contribution in [-0.2, 0) is 0 Å². The molecule has 124 valence electrons. The van der Waals surface area contributed by atoms with Gasteiger partial charge in [-0.2, -0.15) is 0 Å². The first-order chi connectivity index (χ1) is 12.7. The third-order valence-electron chi connectivity index (χ3n) is 3.85. The normalized spacial score (nSPS) is 10.3. The number of carbonyl (C=O) groups excluding carboxylic acids is 1. The number of benzene rings is 1. The van der Waals surface area contributed by atoms with E-state index >= 15 is 0 Å². The van der Waals surface area contributed by atoms with Crippen LogP contribution >= 0.6 is 0 Å². The second kappa shape index (κ2) is 6.49. The van der Waals surface area contributed by atoms with Gasteiger partial charge in [-0.1, -0.05) is 30.2 Å². The third-order valence-corrected chi connectivity index (χ3v) is 3.85. The van der Waals surface area contributed by atoms with Crippen LogP contribution in [0.1, 0.15) is 21.6 Å². The molecule has 0 unspecified atom stereocenters. The predicted octanol–water partition coefficient (Wildman–Crippen LogP) is 2.59. The second-order valence-electron chi connectivity index (χ2n) is 5.60. The Bertz CT molecular complexity index is 1170. The van der Waals surface area contributed by atoms with Crippen LogP contribution in [-0.4, -0.2) is 25.6 Å². The topological polar surface area (TPSA) is 86.2 Å². The number of hydrogen-bond acceptors (Lipinski definition) is 5. The molecule has 0 fully saturated rings. The van der Waals surface area contributed by atoms with Gasteiger partial charge in [-0.05, 0) is 18.1 Å². The zero-order valence-electron chi connectivity index (χ0n) is 13.6. The van der Waals surface area contributed by atoms with Gasteiger partial charge >= 0.3 is 0 Å². The Labute approximate surface area is 149 Å². The molecule has 3 heterocycles. The Morgan fingerprint density at radius 1 is 1.00 bits per heavy atom. The summed E-state index contributed by atoms with van der Waals surface area (Å²) in [6, 6.07) is 10.8. The molecule has 0 saturated heterocycles. The van der Waals surface area contributed by atoms with Gasteiger partial charge in [-0.3, -0.25) is 14.2 Å². The van der Waals surface area contributed by atoms with E-state index < -0.39 is 0 Å². The highest BCUT2D eigenvalue weighted by Gasteiger charge is 2.05. The average Bonchev–Trinajstić information content (AvgIpc) is 3.09. The maximum Gasteiger partial charge on any atom is 0.156 e. The van der Waals surface area contributed by atoms with Gasteiger partial charge in [0.15, 0.2) is 5.65 Å².